The molecule has 18 heavy (non-hydrogen) atoms. The number of rotatable bonds is 4. The Labute approximate surface area is 103 Å². The third-order valence-electron chi connectivity index (χ3n) is 2.51. The van der Waals surface area contributed by atoms with Crippen molar-refractivity contribution in [1.82, 2.24) is 10.2 Å². The van der Waals surface area contributed by atoms with Crippen LogP contribution in [0.15, 0.2) is 24.4 Å². The number of nitrogens with zero attached hydrogens (tertiary/aromatic N) is 1. The molecule has 6 heteroatoms. The third-order valence-corrected chi connectivity index (χ3v) is 2.51. The molecule has 2 N–H and O–H groups in total. The van der Waals surface area contributed by atoms with Crippen LogP contribution in [0.1, 0.15) is 10.4 Å². The fourth-order valence-corrected chi connectivity index (χ4v) is 1.62. The first-order chi connectivity index (χ1) is 8.65. The minimum atomic E-state index is -1.04. The second-order valence-corrected chi connectivity index (χ2v) is 3.57. The number of carboxylic acid groups (broad SMARTS) is 1. The molecule has 0 aliphatic heterocycles. The van der Waals surface area contributed by atoms with Crippen molar-refractivity contribution < 1.29 is 19.4 Å². The van der Waals surface area contributed by atoms with Crippen LogP contribution in [0, 0.1) is 0 Å². The summed E-state index contributed by atoms with van der Waals surface area (Å²) in [6.45, 7) is 0. The molecule has 2 aromatic rings. The first-order valence-corrected chi connectivity index (χ1v) is 5.16. The van der Waals surface area contributed by atoms with Crippen LogP contribution in [-0.2, 0) is 0 Å². The molecule has 2 rings (SSSR count). The van der Waals surface area contributed by atoms with Gasteiger partial charge in [0.15, 0.2) is 0 Å². The Balaban J connectivity index is 2.55. The predicted octanol–water partition coefficient (Wildman–Crippen LogP) is 1.79. The van der Waals surface area contributed by atoms with Crippen LogP contribution in [0.3, 0.4) is 0 Å². The zero-order valence-electron chi connectivity index (χ0n) is 9.93. The van der Waals surface area contributed by atoms with Gasteiger partial charge in [-0.1, -0.05) is 0 Å². The molecule has 1 aromatic carbocycles. The van der Waals surface area contributed by atoms with Crippen molar-refractivity contribution in [2.75, 3.05) is 14.2 Å². The number of aromatic carboxylic acids is 1. The molecular weight excluding hydrogens is 236 g/mol. The summed E-state index contributed by atoms with van der Waals surface area (Å²) in [6.07, 6.45) is 1.27. The van der Waals surface area contributed by atoms with Crippen molar-refractivity contribution in [1.29, 1.82) is 0 Å². The first-order valence-electron chi connectivity index (χ1n) is 5.16. The largest absolute Gasteiger partial charge is 0.497 e. The van der Waals surface area contributed by atoms with Gasteiger partial charge < -0.3 is 14.6 Å². The number of methoxy groups -OCH3 is 2. The second-order valence-electron chi connectivity index (χ2n) is 3.57. The smallest absolute Gasteiger partial charge is 0.339 e. The zero-order valence-corrected chi connectivity index (χ0v) is 9.93. The molecule has 6 nitrogen and oxygen atoms in total. The van der Waals surface area contributed by atoms with Crippen LogP contribution >= 0.6 is 0 Å². The normalized spacial score (nSPS) is 10.1. The molecule has 0 amide bonds. The molecule has 0 atom stereocenters. The summed E-state index contributed by atoms with van der Waals surface area (Å²) in [5.41, 5.74) is 1.16. The number of benzene rings is 1. The van der Waals surface area contributed by atoms with Gasteiger partial charge in [0.2, 0.25) is 0 Å². The van der Waals surface area contributed by atoms with E-state index in [0.29, 0.717) is 22.8 Å². The molecule has 0 fully saturated rings. The molecule has 0 spiro atoms. The minimum Gasteiger partial charge on any atom is -0.497 e. The standard InChI is InChI=1S/C12H12N2O4/c1-17-8-3-7(4-9(5-8)18-2)11-10(12(15)16)6-13-14-11/h3-6H,1-2H3,(H,13,14)(H,15,16). The molecule has 0 unspecified atom stereocenters. The number of carbonyl (C=O) groups is 1. The third kappa shape index (κ3) is 2.13. The van der Waals surface area contributed by atoms with E-state index in [-0.39, 0.29) is 5.56 Å². The summed E-state index contributed by atoms with van der Waals surface area (Å²) in [5.74, 6) is 0.117. The second kappa shape index (κ2) is 4.79. The van der Waals surface area contributed by atoms with E-state index < -0.39 is 5.97 Å². The molecule has 1 aromatic heterocycles. The molecule has 0 aliphatic carbocycles. The van der Waals surface area contributed by atoms with E-state index in [1.165, 1.54) is 20.4 Å². The summed E-state index contributed by atoms with van der Waals surface area (Å²) in [4.78, 5) is 11.0. The maximum atomic E-state index is 11.0. The van der Waals surface area contributed by atoms with Crippen LogP contribution in [0.4, 0.5) is 0 Å². The lowest BCUT2D eigenvalue weighted by molar-refractivity contribution is 0.0698. The van der Waals surface area contributed by atoms with E-state index in [1.54, 1.807) is 18.2 Å². The van der Waals surface area contributed by atoms with Gasteiger partial charge in [-0.05, 0) is 12.1 Å². The highest BCUT2D eigenvalue weighted by Crippen LogP contribution is 2.30. The van der Waals surface area contributed by atoms with Crippen molar-refractivity contribution in [3.8, 4) is 22.8 Å². The van der Waals surface area contributed by atoms with Crippen LogP contribution in [0.2, 0.25) is 0 Å². The predicted molar refractivity (Wildman–Crippen MR) is 64.1 cm³/mol. The summed E-state index contributed by atoms with van der Waals surface area (Å²) in [6, 6.07) is 5.13. The minimum absolute atomic E-state index is 0.102. The molecule has 0 aliphatic rings. The number of aromatic amines is 1. The van der Waals surface area contributed by atoms with E-state index in [1.807, 2.05) is 0 Å². The highest BCUT2D eigenvalue weighted by atomic mass is 16.5. The molecule has 1 heterocycles. The number of ether oxygens (including phenoxy) is 2. The van der Waals surface area contributed by atoms with Gasteiger partial charge >= 0.3 is 5.97 Å². The topological polar surface area (TPSA) is 84.4 Å². The Morgan fingerprint density at radius 2 is 1.83 bits per heavy atom. The number of hydrogen-bond donors (Lipinski definition) is 2. The Morgan fingerprint density at radius 3 is 2.33 bits per heavy atom. The average Bonchev–Trinajstić information content (AvgIpc) is 2.87. The Morgan fingerprint density at radius 1 is 1.22 bits per heavy atom. The highest BCUT2D eigenvalue weighted by Gasteiger charge is 2.15. The van der Waals surface area contributed by atoms with E-state index in [0.717, 1.165) is 0 Å². The lowest BCUT2D eigenvalue weighted by Crippen LogP contribution is -1.97. The Bertz CT molecular complexity index is 555. The SMILES string of the molecule is COc1cc(OC)cc(-c2[nH]ncc2C(=O)O)c1. The van der Waals surface area contributed by atoms with Gasteiger partial charge in [0.05, 0.1) is 26.1 Å². The molecule has 0 saturated heterocycles. The van der Waals surface area contributed by atoms with Gasteiger partial charge in [0.25, 0.3) is 0 Å². The van der Waals surface area contributed by atoms with Crippen molar-refractivity contribution in [2.24, 2.45) is 0 Å². The van der Waals surface area contributed by atoms with Gasteiger partial charge in [-0.25, -0.2) is 4.79 Å². The van der Waals surface area contributed by atoms with Gasteiger partial charge in [-0.3, -0.25) is 5.10 Å². The molecule has 0 saturated carbocycles. The van der Waals surface area contributed by atoms with E-state index in [2.05, 4.69) is 10.2 Å². The van der Waals surface area contributed by atoms with Crippen molar-refractivity contribution in [3.05, 3.63) is 30.0 Å². The van der Waals surface area contributed by atoms with Gasteiger partial charge in [0, 0.05) is 11.6 Å². The summed E-state index contributed by atoms with van der Waals surface area (Å²) in [7, 11) is 3.06. The van der Waals surface area contributed by atoms with E-state index in [4.69, 9.17) is 14.6 Å². The van der Waals surface area contributed by atoms with Gasteiger partial charge in [0.1, 0.15) is 17.1 Å². The van der Waals surface area contributed by atoms with E-state index >= 15 is 0 Å². The summed E-state index contributed by atoms with van der Waals surface area (Å²) >= 11 is 0. The van der Waals surface area contributed by atoms with Crippen LogP contribution in [-0.4, -0.2) is 35.5 Å². The number of carboxylic acids is 1. The van der Waals surface area contributed by atoms with Crippen LogP contribution in [0.5, 0.6) is 11.5 Å². The maximum Gasteiger partial charge on any atom is 0.339 e. The average molecular weight is 248 g/mol. The number of hydrogen-bond acceptors (Lipinski definition) is 4. The molecule has 0 bridgehead atoms. The quantitative estimate of drug-likeness (QED) is 0.861. The number of nitrogens with one attached hydrogen (secondary N) is 1. The summed E-state index contributed by atoms with van der Waals surface area (Å²) < 4.78 is 10.3. The Kier molecular flexibility index (Phi) is 3.18. The monoisotopic (exact) mass is 248 g/mol. The first kappa shape index (κ1) is 12.0. The van der Waals surface area contributed by atoms with Crippen molar-refractivity contribution in [2.45, 2.75) is 0 Å². The highest BCUT2D eigenvalue weighted by molar-refractivity contribution is 5.94. The lowest BCUT2D eigenvalue weighted by Gasteiger charge is -2.07. The zero-order chi connectivity index (χ0) is 13.1. The fourth-order valence-electron chi connectivity index (χ4n) is 1.62. The fraction of sp³-hybridized carbons (Fsp3) is 0.167. The van der Waals surface area contributed by atoms with Crippen LogP contribution < -0.4 is 9.47 Å². The molecule has 0 radical (unpaired) electrons. The number of aromatic nitrogens is 2. The lowest BCUT2D eigenvalue weighted by atomic mass is 10.1. The van der Waals surface area contributed by atoms with Crippen LogP contribution in [0.25, 0.3) is 11.3 Å². The molecule has 94 valence electrons. The maximum absolute atomic E-state index is 11.0. The van der Waals surface area contributed by atoms with Crippen molar-refractivity contribution in [3.63, 3.8) is 0 Å². The van der Waals surface area contributed by atoms with Gasteiger partial charge in [-0.2, -0.15) is 5.10 Å². The Hall–Kier alpha value is -2.50. The van der Waals surface area contributed by atoms with Gasteiger partial charge in [-0.15, -0.1) is 0 Å². The number of H-pyrrole nitrogens is 1. The van der Waals surface area contributed by atoms with E-state index in [9.17, 15) is 4.79 Å². The summed E-state index contributed by atoms with van der Waals surface area (Å²) in [5, 5.41) is 15.5. The molecular formula is C12H12N2O4. The van der Waals surface area contributed by atoms with Crippen molar-refractivity contribution >= 4 is 5.97 Å².